The van der Waals surface area contributed by atoms with Gasteiger partial charge in [0.05, 0.1) is 23.4 Å². The molecular formula is C19H23N5O2. The predicted octanol–water partition coefficient (Wildman–Crippen LogP) is 3.03. The van der Waals surface area contributed by atoms with E-state index in [9.17, 15) is 0 Å². The number of fused-ring (bicyclic) bond motifs is 1. The molecule has 0 aliphatic carbocycles. The molecule has 1 saturated heterocycles. The zero-order valence-electron chi connectivity index (χ0n) is 15.3. The topological polar surface area (TPSA) is 76.2 Å². The minimum atomic E-state index is 0.123. The molecule has 1 N–H and O–H groups in total. The third-order valence-electron chi connectivity index (χ3n) is 4.60. The van der Waals surface area contributed by atoms with Gasteiger partial charge in [-0.3, -0.25) is 5.10 Å². The Labute approximate surface area is 152 Å². The standard InChI is InChI=1S/C19H23N5O2/c1-12(2)26-13-4-5-16-15(8-13)19(23-22-16)17-9-18(21-11-20-17)24-7-6-14(10-24)25-3/h4-5,8-9,11-12,14H,6-7,10H2,1-3H3,(H,22,23). The summed E-state index contributed by atoms with van der Waals surface area (Å²) < 4.78 is 11.3. The van der Waals surface area contributed by atoms with Crippen LogP contribution in [0.15, 0.2) is 30.6 Å². The van der Waals surface area contributed by atoms with Crippen molar-refractivity contribution in [3.05, 3.63) is 30.6 Å². The fourth-order valence-corrected chi connectivity index (χ4v) is 3.31. The van der Waals surface area contributed by atoms with Gasteiger partial charge in [0.1, 0.15) is 23.6 Å². The number of aromatic nitrogens is 4. The second-order valence-corrected chi connectivity index (χ2v) is 6.80. The van der Waals surface area contributed by atoms with Gasteiger partial charge >= 0.3 is 0 Å². The van der Waals surface area contributed by atoms with Crippen molar-refractivity contribution in [1.82, 2.24) is 20.2 Å². The van der Waals surface area contributed by atoms with Crippen LogP contribution in [-0.4, -0.2) is 52.6 Å². The number of rotatable bonds is 5. The minimum absolute atomic E-state index is 0.123. The molecule has 1 fully saturated rings. The highest BCUT2D eigenvalue weighted by Gasteiger charge is 2.24. The summed E-state index contributed by atoms with van der Waals surface area (Å²) in [6.45, 7) is 5.81. The van der Waals surface area contributed by atoms with Crippen molar-refractivity contribution in [2.45, 2.75) is 32.5 Å². The largest absolute Gasteiger partial charge is 0.491 e. The van der Waals surface area contributed by atoms with E-state index >= 15 is 0 Å². The van der Waals surface area contributed by atoms with E-state index in [0.717, 1.165) is 53.4 Å². The predicted molar refractivity (Wildman–Crippen MR) is 101 cm³/mol. The second-order valence-electron chi connectivity index (χ2n) is 6.80. The van der Waals surface area contributed by atoms with Crippen LogP contribution < -0.4 is 9.64 Å². The van der Waals surface area contributed by atoms with Gasteiger partial charge in [-0.1, -0.05) is 0 Å². The van der Waals surface area contributed by atoms with Crippen LogP contribution in [0, 0.1) is 0 Å². The molecule has 1 unspecified atom stereocenters. The van der Waals surface area contributed by atoms with Gasteiger partial charge in [-0.2, -0.15) is 5.10 Å². The maximum absolute atomic E-state index is 5.82. The quantitative estimate of drug-likeness (QED) is 0.760. The van der Waals surface area contributed by atoms with Crippen molar-refractivity contribution in [2.24, 2.45) is 0 Å². The lowest BCUT2D eigenvalue weighted by Crippen LogP contribution is -2.23. The highest BCUT2D eigenvalue weighted by molar-refractivity contribution is 5.93. The van der Waals surface area contributed by atoms with Crippen LogP contribution >= 0.6 is 0 Å². The molecule has 0 amide bonds. The van der Waals surface area contributed by atoms with Gasteiger partial charge in [0.15, 0.2) is 0 Å². The second kappa shape index (κ2) is 6.92. The van der Waals surface area contributed by atoms with E-state index in [4.69, 9.17) is 9.47 Å². The lowest BCUT2D eigenvalue weighted by molar-refractivity contribution is 0.121. The molecule has 3 heterocycles. The molecule has 2 aromatic heterocycles. The maximum Gasteiger partial charge on any atom is 0.132 e. The summed E-state index contributed by atoms with van der Waals surface area (Å²) in [6.07, 6.45) is 2.99. The first-order valence-corrected chi connectivity index (χ1v) is 8.89. The molecule has 0 spiro atoms. The van der Waals surface area contributed by atoms with Crippen LogP contribution in [0.25, 0.3) is 22.3 Å². The number of nitrogens with one attached hydrogen (secondary N) is 1. The van der Waals surface area contributed by atoms with Gasteiger partial charge in [0.25, 0.3) is 0 Å². The average Bonchev–Trinajstić information content (AvgIpc) is 3.28. The van der Waals surface area contributed by atoms with Crippen LogP contribution in [0.2, 0.25) is 0 Å². The smallest absolute Gasteiger partial charge is 0.132 e. The highest BCUT2D eigenvalue weighted by Crippen LogP contribution is 2.30. The Morgan fingerprint density at radius 3 is 2.88 bits per heavy atom. The van der Waals surface area contributed by atoms with Gasteiger partial charge in [0, 0.05) is 31.7 Å². The number of methoxy groups -OCH3 is 1. The van der Waals surface area contributed by atoms with Crippen molar-refractivity contribution in [3.63, 3.8) is 0 Å². The lowest BCUT2D eigenvalue weighted by Gasteiger charge is -2.17. The maximum atomic E-state index is 5.82. The van der Waals surface area contributed by atoms with Gasteiger partial charge < -0.3 is 14.4 Å². The molecule has 1 atom stereocenters. The van der Waals surface area contributed by atoms with Crippen molar-refractivity contribution in [3.8, 4) is 17.1 Å². The van der Waals surface area contributed by atoms with E-state index < -0.39 is 0 Å². The SMILES string of the molecule is COC1CCN(c2cc(-c3n[nH]c4ccc(OC(C)C)cc34)ncn2)C1. The summed E-state index contributed by atoms with van der Waals surface area (Å²) in [5, 5.41) is 8.53. The first-order chi connectivity index (χ1) is 12.6. The number of anilines is 1. The van der Waals surface area contributed by atoms with Crippen molar-refractivity contribution in [1.29, 1.82) is 0 Å². The van der Waals surface area contributed by atoms with E-state index in [2.05, 4.69) is 25.1 Å². The number of aromatic amines is 1. The first kappa shape index (κ1) is 16.8. The Hall–Kier alpha value is -2.67. The summed E-state index contributed by atoms with van der Waals surface area (Å²) in [6, 6.07) is 7.93. The number of nitrogens with zero attached hydrogens (tertiary/aromatic N) is 4. The van der Waals surface area contributed by atoms with Crippen LogP contribution in [-0.2, 0) is 4.74 Å². The van der Waals surface area contributed by atoms with Gasteiger partial charge in [-0.15, -0.1) is 0 Å². The van der Waals surface area contributed by atoms with Crippen LogP contribution in [0.1, 0.15) is 20.3 Å². The number of hydrogen-bond acceptors (Lipinski definition) is 6. The van der Waals surface area contributed by atoms with Crippen LogP contribution in [0.4, 0.5) is 5.82 Å². The molecule has 3 aromatic rings. The van der Waals surface area contributed by atoms with E-state index in [1.54, 1.807) is 13.4 Å². The normalized spacial score (nSPS) is 17.4. The van der Waals surface area contributed by atoms with Crippen LogP contribution in [0.3, 0.4) is 0 Å². The van der Waals surface area contributed by atoms with Crippen molar-refractivity contribution >= 4 is 16.7 Å². The Morgan fingerprint density at radius 2 is 2.12 bits per heavy atom. The van der Waals surface area contributed by atoms with E-state index in [-0.39, 0.29) is 12.2 Å². The monoisotopic (exact) mass is 353 g/mol. The summed E-state index contributed by atoms with van der Waals surface area (Å²) in [5.41, 5.74) is 2.56. The number of hydrogen-bond donors (Lipinski definition) is 1. The number of benzene rings is 1. The van der Waals surface area contributed by atoms with Crippen molar-refractivity contribution in [2.75, 3.05) is 25.1 Å². The molecule has 0 saturated carbocycles. The summed E-state index contributed by atoms with van der Waals surface area (Å²) in [5.74, 6) is 1.73. The molecule has 0 radical (unpaired) electrons. The summed E-state index contributed by atoms with van der Waals surface area (Å²) in [7, 11) is 1.76. The van der Waals surface area contributed by atoms with Gasteiger partial charge in [-0.25, -0.2) is 9.97 Å². The number of ether oxygens (including phenoxy) is 2. The molecule has 0 bridgehead atoms. The molecule has 1 aliphatic heterocycles. The summed E-state index contributed by atoms with van der Waals surface area (Å²) >= 11 is 0. The third kappa shape index (κ3) is 3.22. The molecule has 4 rings (SSSR count). The Balaban J connectivity index is 1.68. The average molecular weight is 353 g/mol. The summed E-state index contributed by atoms with van der Waals surface area (Å²) in [4.78, 5) is 11.1. The first-order valence-electron chi connectivity index (χ1n) is 8.89. The van der Waals surface area contributed by atoms with E-state index in [1.807, 2.05) is 38.1 Å². The zero-order valence-corrected chi connectivity index (χ0v) is 15.3. The van der Waals surface area contributed by atoms with Crippen molar-refractivity contribution < 1.29 is 9.47 Å². The molecule has 136 valence electrons. The Kier molecular flexibility index (Phi) is 4.46. The molecule has 26 heavy (non-hydrogen) atoms. The fraction of sp³-hybridized carbons (Fsp3) is 0.421. The van der Waals surface area contributed by atoms with Crippen LogP contribution in [0.5, 0.6) is 5.75 Å². The zero-order chi connectivity index (χ0) is 18.1. The molecule has 1 aliphatic rings. The van der Waals surface area contributed by atoms with Gasteiger partial charge in [0.2, 0.25) is 0 Å². The molecule has 7 nitrogen and oxygen atoms in total. The molecule has 1 aromatic carbocycles. The highest BCUT2D eigenvalue weighted by atomic mass is 16.5. The molecule has 7 heteroatoms. The Bertz CT molecular complexity index is 908. The Morgan fingerprint density at radius 1 is 1.23 bits per heavy atom. The fourth-order valence-electron chi connectivity index (χ4n) is 3.31. The molecular weight excluding hydrogens is 330 g/mol. The minimum Gasteiger partial charge on any atom is -0.491 e. The van der Waals surface area contributed by atoms with Gasteiger partial charge in [-0.05, 0) is 38.5 Å². The third-order valence-corrected chi connectivity index (χ3v) is 4.60. The lowest BCUT2D eigenvalue weighted by atomic mass is 10.1. The number of H-pyrrole nitrogens is 1. The van der Waals surface area contributed by atoms with E-state index in [0.29, 0.717) is 0 Å². The van der Waals surface area contributed by atoms with E-state index in [1.165, 1.54) is 0 Å².